The second-order valence-corrected chi connectivity index (χ2v) is 7.75. The van der Waals surface area contributed by atoms with E-state index in [1.54, 1.807) is 27.5 Å². The molecule has 3 aromatic rings. The fourth-order valence-corrected chi connectivity index (χ4v) is 4.38. The van der Waals surface area contributed by atoms with Crippen molar-refractivity contribution in [3.05, 3.63) is 56.2 Å². The normalized spacial score (nSPS) is 13.2. The number of halogens is 1. The predicted octanol–water partition coefficient (Wildman–Crippen LogP) is 2.03. The fourth-order valence-electron chi connectivity index (χ4n) is 3.38. The second kappa shape index (κ2) is 6.74. The highest BCUT2D eigenvalue weighted by Crippen LogP contribution is 2.27. The van der Waals surface area contributed by atoms with Gasteiger partial charge in [-0.3, -0.25) is 9.69 Å². The molecule has 2 aromatic heterocycles. The molecule has 6 nitrogen and oxygen atoms in total. The number of aromatic nitrogens is 3. The molecule has 0 fully saturated rings. The third-order valence-electron chi connectivity index (χ3n) is 4.53. The first-order valence-electron chi connectivity index (χ1n) is 8.38. The lowest BCUT2D eigenvalue weighted by atomic mass is 10.1. The molecule has 0 N–H and O–H groups in total. The summed E-state index contributed by atoms with van der Waals surface area (Å²) < 4.78 is 3.87. The number of fused-ring (bicyclic) bond motifs is 1. The maximum atomic E-state index is 13.1. The predicted molar refractivity (Wildman–Crippen MR) is 99.6 cm³/mol. The number of hydrogen-bond donors (Lipinski definition) is 0. The maximum absolute atomic E-state index is 13.1. The summed E-state index contributed by atoms with van der Waals surface area (Å²) in [6, 6.07) is 9.15. The van der Waals surface area contributed by atoms with Gasteiger partial charge in [0.2, 0.25) is 0 Å². The van der Waals surface area contributed by atoms with Gasteiger partial charge in [0.15, 0.2) is 4.47 Å². The van der Waals surface area contributed by atoms with Crippen molar-refractivity contribution in [3.63, 3.8) is 0 Å². The molecule has 134 valence electrons. The largest absolute Gasteiger partial charge is 0.848 e. The molecule has 4 rings (SSSR count). The first-order valence-corrected chi connectivity index (χ1v) is 9.57. The van der Waals surface area contributed by atoms with Gasteiger partial charge >= 0.3 is 11.5 Å². The van der Waals surface area contributed by atoms with Gasteiger partial charge in [-0.15, -0.1) is 11.3 Å². The molecule has 0 amide bonds. The molecule has 8 heteroatoms. The van der Waals surface area contributed by atoms with E-state index >= 15 is 0 Å². The molecule has 1 aliphatic heterocycles. The Kier molecular flexibility index (Phi) is 4.42. The quantitative estimate of drug-likeness (QED) is 0.641. The molecule has 1 aromatic carbocycles. The molecule has 0 radical (unpaired) electrons. The first-order chi connectivity index (χ1) is 12.6. The van der Waals surface area contributed by atoms with Crippen molar-refractivity contribution in [3.8, 4) is 17.0 Å². The van der Waals surface area contributed by atoms with Gasteiger partial charge < -0.3 is 5.11 Å². The molecule has 0 saturated heterocycles. The van der Waals surface area contributed by atoms with Crippen molar-refractivity contribution in [1.29, 1.82) is 0 Å². The minimum Gasteiger partial charge on any atom is -0.848 e. The number of benzene rings is 1. The lowest BCUT2D eigenvalue weighted by Gasteiger charge is -2.19. The topological polar surface area (TPSA) is 65.1 Å². The minimum absolute atomic E-state index is 0.231. The smallest absolute Gasteiger partial charge is 0.362 e. The van der Waals surface area contributed by atoms with E-state index in [1.165, 1.54) is 11.3 Å². The molecule has 0 atom stereocenters. The van der Waals surface area contributed by atoms with Crippen LogP contribution in [0.1, 0.15) is 11.8 Å². The van der Waals surface area contributed by atoms with E-state index in [9.17, 15) is 9.90 Å². The van der Waals surface area contributed by atoms with Crippen LogP contribution in [0, 0.1) is 0 Å². The zero-order chi connectivity index (χ0) is 18.3. The highest BCUT2D eigenvalue weighted by molar-refractivity contribution is 7.15. The standard InChI is InChI=1S/C18H17ClN4O2S/c1-2-22-15(24)14(12-6-4-3-5-7-12)16(25)23-9-8-21(18(22)23)11-13-10-20-17(19)26-13/h3-7,10H,2,8-9,11H2,1H3. The van der Waals surface area contributed by atoms with E-state index in [0.717, 1.165) is 4.88 Å². The summed E-state index contributed by atoms with van der Waals surface area (Å²) in [5.74, 6) is 0.428. The van der Waals surface area contributed by atoms with Crippen molar-refractivity contribution in [2.75, 3.05) is 11.4 Å². The van der Waals surface area contributed by atoms with Crippen molar-refractivity contribution < 1.29 is 9.67 Å². The van der Waals surface area contributed by atoms with Gasteiger partial charge in [-0.25, -0.2) is 9.55 Å². The Balaban J connectivity index is 1.85. The van der Waals surface area contributed by atoms with Crippen LogP contribution in [0.2, 0.25) is 4.47 Å². The number of nitrogens with zero attached hydrogens (tertiary/aromatic N) is 4. The van der Waals surface area contributed by atoms with Crippen LogP contribution in [0.5, 0.6) is 5.88 Å². The molecule has 0 bridgehead atoms. The Labute approximate surface area is 159 Å². The SMILES string of the molecule is CCn1c2[n+](c([O-])c(-c3ccccc3)c1=O)CCN2Cc1cnc(Cl)s1. The van der Waals surface area contributed by atoms with Crippen LogP contribution in [0.4, 0.5) is 5.95 Å². The zero-order valence-corrected chi connectivity index (χ0v) is 15.8. The third-order valence-corrected chi connectivity index (χ3v) is 5.63. The second-order valence-electron chi connectivity index (χ2n) is 6.05. The Bertz CT molecular complexity index is 1020. The Morgan fingerprint density at radius 3 is 2.77 bits per heavy atom. The average molecular weight is 389 g/mol. The van der Waals surface area contributed by atoms with Gasteiger partial charge in [0.05, 0.1) is 23.5 Å². The van der Waals surface area contributed by atoms with Gasteiger partial charge in [-0.1, -0.05) is 41.9 Å². The summed E-state index contributed by atoms with van der Waals surface area (Å²) in [6.07, 6.45) is 1.74. The Hall–Kier alpha value is -2.38. The summed E-state index contributed by atoms with van der Waals surface area (Å²) in [5, 5.41) is 13.0. The van der Waals surface area contributed by atoms with Crippen molar-refractivity contribution in [1.82, 2.24) is 9.55 Å². The molecule has 0 saturated carbocycles. The van der Waals surface area contributed by atoms with Gasteiger partial charge in [0.25, 0.3) is 0 Å². The van der Waals surface area contributed by atoms with E-state index in [2.05, 4.69) is 4.98 Å². The summed E-state index contributed by atoms with van der Waals surface area (Å²) in [4.78, 5) is 20.2. The fraction of sp³-hybridized carbons (Fsp3) is 0.278. The van der Waals surface area contributed by atoms with E-state index in [-0.39, 0.29) is 17.0 Å². The molecule has 3 heterocycles. The van der Waals surface area contributed by atoms with E-state index in [0.29, 0.717) is 42.2 Å². The summed E-state index contributed by atoms with van der Waals surface area (Å²) in [6.45, 7) is 4.22. The molecule has 0 aliphatic carbocycles. The van der Waals surface area contributed by atoms with Crippen LogP contribution in [0.25, 0.3) is 11.1 Å². The Morgan fingerprint density at radius 1 is 1.35 bits per heavy atom. The van der Waals surface area contributed by atoms with Crippen molar-refractivity contribution in [2.45, 2.75) is 26.6 Å². The van der Waals surface area contributed by atoms with Crippen molar-refractivity contribution in [2.24, 2.45) is 0 Å². The molecule has 1 aliphatic rings. The Morgan fingerprint density at radius 2 is 2.12 bits per heavy atom. The molecular formula is C18H17ClN4O2S. The third kappa shape index (κ3) is 2.77. The molecular weight excluding hydrogens is 372 g/mol. The zero-order valence-electron chi connectivity index (χ0n) is 14.2. The van der Waals surface area contributed by atoms with E-state index in [4.69, 9.17) is 11.6 Å². The molecule has 26 heavy (non-hydrogen) atoms. The highest BCUT2D eigenvalue weighted by atomic mass is 35.5. The first kappa shape index (κ1) is 17.1. The summed E-state index contributed by atoms with van der Waals surface area (Å²) >= 11 is 7.33. The lowest BCUT2D eigenvalue weighted by Crippen LogP contribution is -2.44. The van der Waals surface area contributed by atoms with Crippen molar-refractivity contribution >= 4 is 28.9 Å². The van der Waals surface area contributed by atoms with Crippen LogP contribution in [0.3, 0.4) is 0 Å². The van der Waals surface area contributed by atoms with E-state index < -0.39 is 0 Å². The number of hydrogen-bond acceptors (Lipinski definition) is 5. The molecule has 0 unspecified atom stereocenters. The van der Waals surface area contributed by atoms with Gasteiger partial charge in [0.1, 0.15) is 13.1 Å². The van der Waals surface area contributed by atoms with E-state index in [1.807, 2.05) is 30.0 Å². The molecule has 0 spiro atoms. The van der Waals surface area contributed by atoms with Crippen LogP contribution >= 0.6 is 22.9 Å². The maximum Gasteiger partial charge on any atom is 0.362 e. The van der Waals surface area contributed by atoms with Gasteiger partial charge in [0, 0.05) is 12.1 Å². The number of anilines is 1. The van der Waals surface area contributed by atoms with Gasteiger partial charge in [-0.2, -0.15) is 4.57 Å². The summed E-state index contributed by atoms with van der Waals surface area (Å²) in [5.41, 5.74) is 0.649. The summed E-state index contributed by atoms with van der Waals surface area (Å²) in [7, 11) is 0. The minimum atomic E-state index is -0.246. The number of thiazole rings is 1. The van der Waals surface area contributed by atoms with Crippen LogP contribution in [-0.4, -0.2) is 16.1 Å². The average Bonchev–Trinajstić information content (AvgIpc) is 3.24. The van der Waals surface area contributed by atoms with Crippen LogP contribution in [0.15, 0.2) is 41.3 Å². The highest BCUT2D eigenvalue weighted by Gasteiger charge is 2.34. The number of rotatable bonds is 4. The monoisotopic (exact) mass is 388 g/mol. The lowest BCUT2D eigenvalue weighted by molar-refractivity contribution is -0.715. The van der Waals surface area contributed by atoms with Gasteiger partial charge in [-0.05, 0) is 12.5 Å². The van der Waals surface area contributed by atoms with Crippen LogP contribution < -0.4 is 20.1 Å². The van der Waals surface area contributed by atoms with Crippen LogP contribution in [-0.2, 0) is 19.6 Å².